The summed E-state index contributed by atoms with van der Waals surface area (Å²) in [6.45, 7) is 6.47. The molecule has 0 aliphatic heterocycles. The number of ether oxygens (including phenoxy) is 1. The van der Waals surface area contributed by atoms with E-state index in [1.54, 1.807) is 13.8 Å². The topological polar surface area (TPSA) is 75.6 Å². The van der Waals surface area contributed by atoms with Crippen molar-refractivity contribution in [2.24, 2.45) is 11.3 Å². The number of carboxylic acids is 1. The fourth-order valence-corrected chi connectivity index (χ4v) is 2.49. The highest BCUT2D eigenvalue weighted by Crippen LogP contribution is 2.26. The number of aliphatic carboxylic acids is 1. The van der Waals surface area contributed by atoms with Crippen LogP contribution >= 0.6 is 0 Å². The molecule has 0 amide bonds. The zero-order valence-corrected chi connectivity index (χ0v) is 12.8. The molecule has 2 N–H and O–H groups in total. The van der Waals surface area contributed by atoms with Crippen molar-refractivity contribution in [3.05, 3.63) is 0 Å². The van der Waals surface area contributed by atoms with Gasteiger partial charge in [0, 0.05) is 6.04 Å². The first-order chi connectivity index (χ1) is 9.36. The maximum Gasteiger partial charge on any atom is 0.309 e. The fraction of sp³-hybridized carbons (Fsp3) is 0.867. The largest absolute Gasteiger partial charge is 0.481 e. The van der Waals surface area contributed by atoms with Gasteiger partial charge in [-0.3, -0.25) is 9.59 Å². The van der Waals surface area contributed by atoms with Gasteiger partial charge in [0.1, 0.15) is 0 Å². The number of carbonyl (C=O) groups excluding carboxylic acids is 1. The monoisotopic (exact) mass is 285 g/mol. The number of carbonyl (C=O) groups is 2. The summed E-state index contributed by atoms with van der Waals surface area (Å²) < 4.78 is 5.04. The predicted octanol–water partition coefficient (Wildman–Crippen LogP) is 2.20. The molecule has 116 valence electrons. The lowest BCUT2D eigenvalue weighted by Crippen LogP contribution is -2.38. The van der Waals surface area contributed by atoms with Crippen LogP contribution in [0.15, 0.2) is 0 Å². The third-order valence-corrected chi connectivity index (χ3v) is 4.11. The van der Waals surface area contributed by atoms with E-state index in [1.807, 2.05) is 6.92 Å². The van der Waals surface area contributed by atoms with E-state index < -0.39 is 11.4 Å². The Hall–Kier alpha value is -1.10. The van der Waals surface area contributed by atoms with Crippen molar-refractivity contribution in [1.29, 1.82) is 0 Å². The maximum atomic E-state index is 11.6. The van der Waals surface area contributed by atoms with E-state index in [9.17, 15) is 9.59 Å². The van der Waals surface area contributed by atoms with E-state index in [0.717, 1.165) is 25.7 Å². The van der Waals surface area contributed by atoms with Crippen molar-refractivity contribution >= 4 is 11.9 Å². The van der Waals surface area contributed by atoms with Gasteiger partial charge in [-0.1, -0.05) is 0 Å². The fourth-order valence-electron chi connectivity index (χ4n) is 2.49. The Bertz CT molecular complexity index is 333. The summed E-state index contributed by atoms with van der Waals surface area (Å²) in [5.41, 5.74) is -0.685. The molecular formula is C15H27NO4. The molecule has 0 heterocycles. The summed E-state index contributed by atoms with van der Waals surface area (Å²) in [5, 5.41) is 12.5. The normalized spacial score (nSPS) is 23.4. The second kappa shape index (κ2) is 7.62. The quantitative estimate of drug-likeness (QED) is 0.701. The first kappa shape index (κ1) is 17.0. The molecule has 1 fully saturated rings. The Morgan fingerprint density at radius 1 is 1.25 bits per heavy atom. The lowest BCUT2D eigenvalue weighted by atomic mass is 9.85. The average Bonchev–Trinajstić information content (AvgIpc) is 2.39. The van der Waals surface area contributed by atoms with E-state index in [2.05, 4.69) is 5.32 Å². The zero-order valence-electron chi connectivity index (χ0n) is 12.8. The van der Waals surface area contributed by atoms with Crippen LogP contribution in [0.1, 0.15) is 52.9 Å². The van der Waals surface area contributed by atoms with E-state index in [-0.39, 0.29) is 11.9 Å². The van der Waals surface area contributed by atoms with Crippen molar-refractivity contribution in [3.8, 4) is 0 Å². The van der Waals surface area contributed by atoms with Crippen LogP contribution in [0, 0.1) is 11.3 Å². The Kier molecular flexibility index (Phi) is 6.46. The van der Waals surface area contributed by atoms with Crippen molar-refractivity contribution < 1.29 is 19.4 Å². The van der Waals surface area contributed by atoms with Crippen LogP contribution in [-0.2, 0) is 14.3 Å². The summed E-state index contributed by atoms with van der Waals surface area (Å²) >= 11 is 0. The molecule has 0 saturated heterocycles. The van der Waals surface area contributed by atoms with Crippen LogP contribution in [-0.4, -0.2) is 36.2 Å². The van der Waals surface area contributed by atoms with Gasteiger partial charge in [0.25, 0.3) is 0 Å². The first-order valence-corrected chi connectivity index (χ1v) is 7.50. The molecule has 0 aromatic rings. The molecule has 1 aliphatic rings. The minimum absolute atomic E-state index is 0.0449. The van der Waals surface area contributed by atoms with E-state index in [1.165, 1.54) is 0 Å². The highest BCUT2D eigenvalue weighted by Gasteiger charge is 2.29. The highest BCUT2D eigenvalue weighted by molar-refractivity contribution is 5.73. The summed E-state index contributed by atoms with van der Waals surface area (Å²) in [6, 6.07) is 0.394. The first-order valence-electron chi connectivity index (χ1n) is 7.50. The van der Waals surface area contributed by atoms with Crippen LogP contribution in [0.5, 0.6) is 0 Å². The average molecular weight is 285 g/mol. The van der Waals surface area contributed by atoms with Gasteiger partial charge < -0.3 is 15.2 Å². The smallest absolute Gasteiger partial charge is 0.309 e. The standard InChI is InChI=1S/C15H27NO4/c1-4-20-13(17)11-5-7-12(8-6-11)16-10-9-15(2,3)14(18)19/h11-12,16H,4-10H2,1-3H3,(H,18,19). The van der Waals surface area contributed by atoms with Gasteiger partial charge in [-0.15, -0.1) is 0 Å². The van der Waals surface area contributed by atoms with Crippen LogP contribution < -0.4 is 5.32 Å². The summed E-state index contributed by atoms with van der Waals surface area (Å²) in [7, 11) is 0. The van der Waals surface area contributed by atoms with Crippen LogP contribution in [0.3, 0.4) is 0 Å². The van der Waals surface area contributed by atoms with Crippen molar-refractivity contribution in [2.75, 3.05) is 13.2 Å². The molecular weight excluding hydrogens is 258 g/mol. The van der Waals surface area contributed by atoms with E-state index >= 15 is 0 Å². The zero-order chi connectivity index (χ0) is 15.2. The minimum atomic E-state index is -0.759. The third kappa shape index (κ3) is 5.12. The second-order valence-electron chi connectivity index (χ2n) is 6.19. The van der Waals surface area contributed by atoms with Crippen molar-refractivity contribution in [3.63, 3.8) is 0 Å². The Morgan fingerprint density at radius 3 is 2.35 bits per heavy atom. The molecule has 0 radical (unpaired) electrons. The number of nitrogens with one attached hydrogen (secondary N) is 1. The number of hydrogen-bond donors (Lipinski definition) is 2. The lowest BCUT2D eigenvalue weighted by molar-refractivity contribution is -0.149. The molecule has 0 atom stereocenters. The summed E-state index contributed by atoms with van der Waals surface area (Å²) in [6.07, 6.45) is 4.24. The summed E-state index contributed by atoms with van der Waals surface area (Å²) in [4.78, 5) is 22.6. The molecule has 1 aliphatic carbocycles. The molecule has 0 aromatic carbocycles. The SMILES string of the molecule is CCOC(=O)C1CCC(NCCC(C)(C)C(=O)O)CC1. The number of rotatable bonds is 7. The lowest BCUT2D eigenvalue weighted by Gasteiger charge is -2.29. The van der Waals surface area contributed by atoms with E-state index in [4.69, 9.17) is 9.84 Å². The Morgan fingerprint density at radius 2 is 1.85 bits per heavy atom. The van der Waals surface area contributed by atoms with Crippen molar-refractivity contribution in [2.45, 2.75) is 58.9 Å². The molecule has 0 unspecified atom stereocenters. The van der Waals surface area contributed by atoms with Gasteiger partial charge in [-0.25, -0.2) is 0 Å². The molecule has 1 saturated carbocycles. The van der Waals surface area contributed by atoms with Crippen molar-refractivity contribution in [1.82, 2.24) is 5.32 Å². The number of carboxylic acid groups (broad SMARTS) is 1. The third-order valence-electron chi connectivity index (χ3n) is 4.11. The maximum absolute atomic E-state index is 11.6. The molecule has 5 nitrogen and oxygen atoms in total. The molecule has 20 heavy (non-hydrogen) atoms. The molecule has 5 heteroatoms. The van der Waals surface area contributed by atoms with Gasteiger partial charge in [0.15, 0.2) is 0 Å². The molecule has 0 bridgehead atoms. The Balaban J connectivity index is 2.23. The van der Waals surface area contributed by atoms with Crippen LogP contribution in [0.25, 0.3) is 0 Å². The molecule has 0 aromatic heterocycles. The van der Waals surface area contributed by atoms with Gasteiger partial charge in [0.05, 0.1) is 17.9 Å². The van der Waals surface area contributed by atoms with Gasteiger partial charge in [0.2, 0.25) is 0 Å². The molecule has 0 spiro atoms. The minimum Gasteiger partial charge on any atom is -0.481 e. The van der Waals surface area contributed by atoms with Crippen LogP contribution in [0.2, 0.25) is 0 Å². The molecule has 1 rings (SSSR count). The predicted molar refractivity (Wildman–Crippen MR) is 76.4 cm³/mol. The summed E-state index contributed by atoms with van der Waals surface area (Å²) in [5.74, 6) is -0.785. The van der Waals surface area contributed by atoms with E-state index in [0.29, 0.717) is 25.6 Å². The highest BCUT2D eigenvalue weighted by atomic mass is 16.5. The second-order valence-corrected chi connectivity index (χ2v) is 6.19. The van der Waals surface area contributed by atoms with Crippen LogP contribution in [0.4, 0.5) is 0 Å². The number of esters is 1. The number of hydrogen-bond acceptors (Lipinski definition) is 4. The van der Waals surface area contributed by atoms with Gasteiger partial charge in [-0.2, -0.15) is 0 Å². The van der Waals surface area contributed by atoms with Gasteiger partial charge in [-0.05, 0) is 59.4 Å². The Labute approximate surface area is 121 Å². The van der Waals surface area contributed by atoms with Gasteiger partial charge >= 0.3 is 11.9 Å².